The van der Waals surface area contributed by atoms with Gasteiger partial charge >= 0.3 is 5.69 Å². The molecule has 4 rings (SSSR count). The van der Waals surface area contributed by atoms with E-state index in [0.717, 1.165) is 12.0 Å². The lowest BCUT2D eigenvalue weighted by Crippen LogP contribution is -2.23. The minimum atomic E-state index is -0.278. The quantitative estimate of drug-likeness (QED) is 0.424. The fraction of sp³-hybridized carbons (Fsp3) is 0.125. The number of nitrogens with zero attached hydrogens (tertiary/aromatic N) is 2. The summed E-state index contributed by atoms with van der Waals surface area (Å²) in [4.78, 5) is 13.1. The van der Waals surface area contributed by atoms with Gasteiger partial charge in [0.05, 0.1) is 5.69 Å². The molecular formula is C24H21ClN2O3. The molecule has 1 N–H and O–H groups in total. The molecule has 0 bridgehead atoms. The highest BCUT2D eigenvalue weighted by molar-refractivity contribution is 6.30. The Kier molecular flexibility index (Phi) is 5.63. The van der Waals surface area contributed by atoms with Crippen molar-refractivity contribution in [1.29, 1.82) is 0 Å². The standard InChI is InChI=1S/C24H21ClN2O3/c1-2-16-26-23(28)22(17-6-4-3-5-7-17)27(24(26)29)19-10-14-21(15-11-19)30-20-12-8-18(25)9-13-20/h3-15,28H,2,16H2,1H3. The zero-order chi connectivity index (χ0) is 21.1. The third-order valence-corrected chi connectivity index (χ3v) is 5.00. The molecule has 0 radical (unpaired) electrons. The molecule has 152 valence electrons. The van der Waals surface area contributed by atoms with E-state index in [1.807, 2.05) is 37.3 Å². The van der Waals surface area contributed by atoms with Crippen molar-refractivity contribution in [3.63, 3.8) is 0 Å². The largest absolute Gasteiger partial charge is 0.493 e. The molecule has 0 unspecified atom stereocenters. The second kappa shape index (κ2) is 8.51. The van der Waals surface area contributed by atoms with Gasteiger partial charge in [0.15, 0.2) is 0 Å². The van der Waals surface area contributed by atoms with Gasteiger partial charge in [0.2, 0.25) is 5.88 Å². The van der Waals surface area contributed by atoms with E-state index in [1.165, 1.54) is 9.13 Å². The monoisotopic (exact) mass is 420 g/mol. The van der Waals surface area contributed by atoms with Crippen LogP contribution < -0.4 is 10.4 Å². The lowest BCUT2D eigenvalue weighted by molar-refractivity contribution is 0.413. The number of benzene rings is 3. The van der Waals surface area contributed by atoms with E-state index < -0.39 is 0 Å². The van der Waals surface area contributed by atoms with Gasteiger partial charge in [0.25, 0.3) is 0 Å². The van der Waals surface area contributed by atoms with Crippen molar-refractivity contribution in [2.24, 2.45) is 0 Å². The predicted octanol–water partition coefficient (Wildman–Crippen LogP) is 5.87. The molecule has 1 heterocycles. The Morgan fingerprint density at radius 3 is 2.10 bits per heavy atom. The predicted molar refractivity (Wildman–Crippen MR) is 119 cm³/mol. The van der Waals surface area contributed by atoms with E-state index in [2.05, 4.69) is 0 Å². The van der Waals surface area contributed by atoms with Crippen LogP contribution in [0.4, 0.5) is 0 Å². The van der Waals surface area contributed by atoms with Crippen molar-refractivity contribution in [1.82, 2.24) is 9.13 Å². The number of imidazole rings is 1. The van der Waals surface area contributed by atoms with Gasteiger partial charge in [0.1, 0.15) is 17.2 Å². The highest BCUT2D eigenvalue weighted by Crippen LogP contribution is 2.32. The number of aromatic nitrogens is 2. The Labute approximate surface area is 179 Å². The molecule has 0 aliphatic rings. The molecule has 30 heavy (non-hydrogen) atoms. The summed E-state index contributed by atoms with van der Waals surface area (Å²) in [5.74, 6) is 1.27. The molecule has 0 fully saturated rings. The summed E-state index contributed by atoms with van der Waals surface area (Å²) in [6, 6.07) is 23.7. The molecule has 0 spiro atoms. The Hall–Kier alpha value is -3.44. The maximum Gasteiger partial charge on any atom is 0.336 e. The Morgan fingerprint density at radius 2 is 1.50 bits per heavy atom. The number of rotatable bonds is 6. The molecular weight excluding hydrogens is 400 g/mol. The molecule has 4 aromatic rings. The van der Waals surface area contributed by atoms with Crippen LogP contribution in [-0.4, -0.2) is 14.2 Å². The maximum absolute atomic E-state index is 13.1. The molecule has 5 nitrogen and oxygen atoms in total. The van der Waals surface area contributed by atoms with Crippen LogP contribution in [0.5, 0.6) is 17.4 Å². The molecule has 0 saturated heterocycles. The minimum absolute atomic E-state index is 0.0328. The lowest BCUT2D eigenvalue weighted by atomic mass is 10.1. The second-order valence-corrected chi connectivity index (χ2v) is 7.29. The van der Waals surface area contributed by atoms with Crippen LogP contribution >= 0.6 is 11.6 Å². The molecule has 0 aliphatic carbocycles. The van der Waals surface area contributed by atoms with Gasteiger partial charge in [-0.1, -0.05) is 48.9 Å². The van der Waals surface area contributed by atoms with Crippen molar-refractivity contribution in [2.45, 2.75) is 19.9 Å². The SMILES string of the molecule is CCCn1c(O)c(-c2ccccc2)n(-c2ccc(Oc3ccc(Cl)cc3)cc2)c1=O. The first kappa shape index (κ1) is 19.9. The summed E-state index contributed by atoms with van der Waals surface area (Å²) in [6.45, 7) is 2.41. The van der Waals surface area contributed by atoms with Crippen LogP contribution in [0, 0.1) is 0 Å². The molecule has 3 aromatic carbocycles. The van der Waals surface area contributed by atoms with Gasteiger partial charge in [-0.05, 0) is 55.0 Å². The van der Waals surface area contributed by atoms with Crippen LogP contribution in [0.15, 0.2) is 83.7 Å². The number of hydrogen-bond donors (Lipinski definition) is 1. The first-order valence-corrected chi connectivity index (χ1v) is 10.1. The average molecular weight is 421 g/mol. The van der Waals surface area contributed by atoms with Crippen molar-refractivity contribution >= 4 is 11.6 Å². The zero-order valence-corrected chi connectivity index (χ0v) is 17.2. The number of hydrogen-bond acceptors (Lipinski definition) is 3. The molecule has 6 heteroatoms. The molecule has 0 saturated carbocycles. The van der Waals surface area contributed by atoms with Crippen LogP contribution in [0.25, 0.3) is 16.9 Å². The summed E-state index contributed by atoms with van der Waals surface area (Å²) >= 11 is 5.91. The molecule has 0 atom stereocenters. The molecule has 0 amide bonds. The third-order valence-electron chi connectivity index (χ3n) is 4.75. The van der Waals surface area contributed by atoms with Gasteiger partial charge in [-0.25, -0.2) is 4.79 Å². The number of ether oxygens (including phenoxy) is 1. The zero-order valence-electron chi connectivity index (χ0n) is 16.5. The topological polar surface area (TPSA) is 56.4 Å². The van der Waals surface area contributed by atoms with E-state index >= 15 is 0 Å². The lowest BCUT2D eigenvalue weighted by Gasteiger charge is -2.10. The summed E-state index contributed by atoms with van der Waals surface area (Å²) < 4.78 is 8.77. The third kappa shape index (κ3) is 3.84. The first-order valence-electron chi connectivity index (χ1n) is 9.72. The second-order valence-electron chi connectivity index (χ2n) is 6.86. The summed E-state index contributed by atoms with van der Waals surface area (Å²) in [5.41, 5.74) is 1.61. The van der Waals surface area contributed by atoms with Crippen molar-refractivity contribution in [3.05, 3.63) is 94.4 Å². The maximum atomic E-state index is 13.1. The fourth-order valence-electron chi connectivity index (χ4n) is 3.36. The Morgan fingerprint density at radius 1 is 0.900 bits per heavy atom. The number of halogens is 1. The highest BCUT2D eigenvalue weighted by Gasteiger charge is 2.21. The van der Waals surface area contributed by atoms with Crippen molar-refractivity contribution < 1.29 is 9.84 Å². The Balaban J connectivity index is 1.75. The van der Waals surface area contributed by atoms with E-state index in [-0.39, 0.29) is 11.6 Å². The smallest absolute Gasteiger partial charge is 0.336 e. The minimum Gasteiger partial charge on any atom is -0.493 e. The van der Waals surface area contributed by atoms with Crippen LogP contribution in [-0.2, 0) is 6.54 Å². The van der Waals surface area contributed by atoms with Crippen molar-refractivity contribution in [3.8, 4) is 34.3 Å². The van der Waals surface area contributed by atoms with Gasteiger partial charge in [-0.3, -0.25) is 9.13 Å². The van der Waals surface area contributed by atoms with Crippen molar-refractivity contribution in [2.75, 3.05) is 0 Å². The van der Waals surface area contributed by atoms with E-state index in [4.69, 9.17) is 16.3 Å². The summed E-state index contributed by atoms with van der Waals surface area (Å²) in [5, 5.41) is 11.5. The van der Waals surface area contributed by atoms with E-state index in [0.29, 0.717) is 34.4 Å². The van der Waals surface area contributed by atoms with Crippen LogP contribution in [0.3, 0.4) is 0 Å². The van der Waals surface area contributed by atoms with Gasteiger partial charge in [-0.15, -0.1) is 0 Å². The summed E-state index contributed by atoms with van der Waals surface area (Å²) in [7, 11) is 0. The molecule has 1 aromatic heterocycles. The van der Waals surface area contributed by atoms with Gasteiger partial charge in [-0.2, -0.15) is 0 Å². The first-order chi connectivity index (χ1) is 14.6. The van der Waals surface area contributed by atoms with Crippen LogP contribution in [0.1, 0.15) is 13.3 Å². The summed E-state index contributed by atoms with van der Waals surface area (Å²) in [6.07, 6.45) is 0.736. The normalized spacial score (nSPS) is 10.9. The number of aromatic hydroxyl groups is 1. The average Bonchev–Trinajstić information content (AvgIpc) is 3.02. The van der Waals surface area contributed by atoms with E-state index in [1.54, 1.807) is 48.5 Å². The van der Waals surface area contributed by atoms with E-state index in [9.17, 15) is 9.90 Å². The van der Waals surface area contributed by atoms with Crippen LogP contribution in [0.2, 0.25) is 5.02 Å². The Bertz CT molecular complexity index is 1190. The highest BCUT2D eigenvalue weighted by atomic mass is 35.5. The van der Waals surface area contributed by atoms with Gasteiger partial charge in [0, 0.05) is 17.1 Å². The van der Waals surface area contributed by atoms with Gasteiger partial charge < -0.3 is 9.84 Å². The fourth-order valence-corrected chi connectivity index (χ4v) is 3.48. The molecule has 0 aliphatic heterocycles.